The quantitative estimate of drug-likeness (QED) is 0.134. The monoisotopic (exact) mass is 628 g/mol. The zero-order chi connectivity index (χ0) is 31.1. The molecule has 1 saturated carbocycles. The Balaban J connectivity index is 1.39. The number of hydrogen-bond acceptors (Lipinski definition) is 6. The van der Waals surface area contributed by atoms with E-state index in [9.17, 15) is 9.59 Å². The maximum absolute atomic E-state index is 13.1. The van der Waals surface area contributed by atoms with Crippen LogP contribution in [0.3, 0.4) is 0 Å². The highest BCUT2D eigenvalue weighted by atomic mass is 32.1. The Bertz CT molecular complexity index is 1550. The second-order valence-corrected chi connectivity index (χ2v) is 11.5. The molecule has 0 radical (unpaired) electrons. The number of hydrogen-bond donors (Lipinski definition) is 4. The summed E-state index contributed by atoms with van der Waals surface area (Å²) < 4.78 is 10.8. The van der Waals surface area contributed by atoms with Crippen molar-refractivity contribution in [3.8, 4) is 0 Å². The first-order valence-corrected chi connectivity index (χ1v) is 15.6. The smallest absolute Gasteiger partial charge is 0.309 e. The van der Waals surface area contributed by atoms with Gasteiger partial charge in [0.05, 0.1) is 25.0 Å². The van der Waals surface area contributed by atoms with Gasteiger partial charge >= 0.3 is 11.9 Å². The minimum absolute atomic E-state index is 0.213. The number of nitrogens with one attached hydrogen (secondary N) is 4. The Morgan fingerprint density at radius 1 is 0.636 bits per heavy atom. The van der Waals surface area contributed by atoms with Crippen LogP contribution in [0, 0.1) is 11.8 Å². The summed E-state index contributed by atoms with van der Waals surface area (Å²) in [5, 5.41) is 18.5. The van der Waals surface area contributed by atoms with Crippen LogP contribution < -0.4 is 21.3 Å². The average Bonchev–Trinajstić information content (AvgIpc) is 3.02. The van der Waals surface area contributed by atoms with Gasteiger partial charge in [-0.15, -0.1) is 0 Å². The van der Waals surface area contributed by atoms with Gasteiger partial charge in [0.15, 0.2) is 10.2 Å². The molecule has 5 rings (SSSR count). The molecule has 0 bridgehead atoms. The standard InChI is InChI=1S/C34H36N4O4S2/c1-3-41-31(39)25-19-29(37-33(43)35-27-17-9-13-21-11-5-7-15-23(21)27)30(20-26(25)32(40)42-4-2)38-34(44)36-28-18-10-14-22-12-6-8-16-24(22)28/h5-18,25-26,29-30H,3-4,19-20H2,1-2H3,(H2,35,37,43)(H2,36,38,44)/t25-,26-,29-,30-/m1/s1. The number of ether oxygens (including phenoxy) is 2. The average molecular weight is 629 g/mol. The summed E-state index contributed by atoms with van der Waals surface area (Å²) in [7, 11) is 0. The fourth-order valence-corrected chi connectivity index (χ4v) is 6.39. The number of esters is 2. The molecule has 0 saturated heterocycles. The van der Waals surface area contributed by atoms with Crippen molar-refractivity contribution in [3.63, 3.8) is 0 Å². The van der Waals surface area contributed by atoms with Gasteiger partial charge in [0.1, 0.15) is 0 Å². The van der Waals surface area contributed by atoms with Gasteiger partial charge in [0.2, 0.25) is 0 Å². The largest absolute Gasteiger partial charge is 0.466 e. The van der Waals surface area contributed by atoms with Crippen LogP contribution in [0.5, 0.6) is 0 Å². The molecule has 0 aliphatic heterocycles. The highest BCUT2D eigenvalue weighted by molar-refractivity contribution is 7.80. The molecule has 0 heterocycles. The predicted octanol–water partition coefficient (Wildman–Crippen LogP) is 6.16. The molecule has 0 aromatic heterocycles. The number of thiocarbonyl (C=S) groups is 2. The van der Waals surface area contributed by atoms with Gasteiger partial charge in [-0.05, 0) is 74.0 Å². The van der Waals surface area contributed by atoms with Gasteiger partial charge in [-0.25, -0.2) is 0 Å². The van der Waals surface area contributed by atoms with E-state index in [0.29, 0.717) is 10.2 Å². The maximum atomic E-state index is 13.1. The highest BCUT2D eigenvalue weighted by Gasteiger charge is 2.46. The highest BCUT2D eigenvalue weighted by Crippen LogP contribution is 2.34. The molecule has 0 unspecified atom stereocenters. The van der Waals surface area contributed by atoms with E-state index in [4.69, 9.17) is 33.9 Å². The molecule has 0 spiro atoms. The topological polar surface area (TPSA) is 101 Å². The molecule has 4 atom stereocenters. The second-order valence-electron chi connectivity index (χ2n) is 10.7. The minimum atomic E-state index is -0.704. The lowest BCUT2D eigenvalue weighted by atomic mass is 9.74. The van der Waals surface area contributed by atoms with E-state index in [1.807, 2.05) is 84.9 Å². The number of benzene rings is 4. The van der Waals surface area contributed by atoms with Crippen LogP contribution in [0.2, 0.25) is 0 Å². The molecule has 1 aliphatic carbocycles. The van der Waals surface area contributed by atoms with Crippen molar-refractivity contribution in [1.29, 1.82) is 0 Å². The molecule has 8 nitrogen and oxygen atoms in total. The molecule has 228 valence electrons. The zero-order valence-electron chi connectivity index (χ0n) is 24.7. The van der Waals surface area contributed by atoms with Crippen molar-refractivity contribution >= 4 is 79.5 Å². The van der Waals surface area contributed by atoms with Crippen molar-refractivity contribution in [2.75, 3.05) is 23.8 Å². The summed E-state index contributed by atoms with van der Waals surface area (Å²) in [6.45, 7) is 3.93. The summed E-state index contributed by atoms with van der Waals surface area (Å²) in [4.78, 5) is 26.2. The van der Waals surface area contributed by atoms with Gasteiger partial charge in [0.25, 0.3) is 0 Å². The van der Waals surface area contributed by atoms with Crippen LogP contribution in [0.1, 0.15) is 26.7 Å². The maximum Gasteiger partial charge on any atom is 0.309 e. The first-order valence-electron chi connectivity index (χ1n) is 14.8. The van der Waals surface area contributed by atoms with Gasteiger partial charge in [0, 0.05) is 34.2 Å². The lowest BCUT2D eigenvalue weighted by Gasteiger charge is -2.40. The molecule has 4 N–H and O–H groups in total. The predicted molar refractivity (Wildman–Crippen MR) is 184 cm³/mol. The molecule has 44 heavy (non-hydrogen) atoms. The summed E-state index contributed by atoms with van der Waals surface area (Å²) in [6, 6.07) is 27.3. The van der Waals surface area contributed by atoms with Crippen molar-refractivity contribution in [3.05, 3.63) is 84.9 Å². The lowest BCUT2D eigenvalue weighted by Crippen LogP contribution is -2.59. The molecule has 1 fully saturated rings. The molecule has 0 amide bonds. The van der Waals surface area contributed by atoms with Gasteiger partial charge in [-0.2, -0.15) is 0 Å². The molecule has 10 heteroatoms. The van der Waals surface area contributed by atoms with E-state index < -0.39 is 23.8 Å². The van der Waals surface area contributed by atoms with Crippen LogP contribution in [0.4, 0.5) is 11.4 Å². The third kappa shape index (κ3) is 7.26. The van der Waals surface area contributed by atoms with Gasteiger partial charge in [-0.3, -0.25) is 9.59 Å². The Morgan fingerprint density at radius 2 is 1.02 bits per heavy atom. The second kappa shape index (κ2) is 14.5. The molecule has 4 aromatic rings. The van der Waals surface area contributed by atoms with Crippen LogP contribution >= 0.6 is 24.4 Å². The van der Waals surface area contributed by atoms with E-state index in [1.165, 1.54) is 0 Å². The van der Waals surface area contributed by atoms with Crippen LogP contribution in [-0.2, 0) is 19.1 Å². The summed E-state index contributed by atoms with van der Waals surface area (Å²) >= 11 is 11.6. The van der Waals surface area contributed by atoms with E-state index in [0.717, 1.165) is 32.9 Å². The molecular weight excluding hydrogens is 593 g/mol. The minimum Gasteiger partial charge on any atom is -0.466 e. The van der Waals surface area contributed by atoms with Crippen molar-refractivity contribution in [2.45, 2.75) is 38.8 Å². The van der Waals surface area contributed by atoms with Crippen molar-refractivity contribution in [1.82, 2.24) is 10.6 Å². The Labute approximate surface area is 267 Å². The van der Waals surface area contributed by atoms with Crippen molar-refractivity contribution in [2.24, 2.45) is 11.8 Å². The molecule has 4 aromatic carbocycles. The summed E-state index contributed by atoms with van der Waals surface area (Å²) in [5.41, 5.74) is 1.72. The third-order valence-corrected chi connectivity index (χ3v) is 8.31. The van der Waals surface area contributed by atoms with E-state index in [2.05, 4.69) is 21.3 Å². The van der Waals surface area contributed by atoms with Gasteiger partial charge < -0.3 is 30.7 Å². The summed E-state index contributed by atoms with van der Waals surface area (Å²) in [6.07, 6.45) is 0.572. The summed E-state index contributed by atoms with van der Waals surface area (Å²) in [5.74, 6) is -2.27. The van der Waals surface area contributed by atoms with Crippen LogP contribution in [0.25, 0.3) is 21.5 Å². The zero-order valence-corrected chi connectivity index (χ0v) is 26.3. The first-order chi connectivity index (χ1) is 21.4. The normalized spacial score (nSPS) is 19.5. The molecular formula is C34H36N4O4S2. The van der Waals surface area contributed by atoms with Crippen LogP contribution in [-0.4, -0.2) is 47.5 Å². The Kier molecular flexibility index (Phi) is 10.2. The fourth-order valence-electron chi connectivity index (χ4n) is 5.87. The number of rotatable bonds is 8. The Hall–Kier alpha value is -4.28. The van der Waals surface area contributed by atoms with Crippen molar-refractivity contribution < 1.29 is 19.1 Å². The van der Waals surface area contributed by atoms with Gasteiger partial charge in [-0.1, -0.05) is 72.8 Å². The SMILES string of the molecule is CCOC(=O)[C@@H]1C[C@@H](NC(=S)Nc2cccc3ccccc23)[C@H](NC(=S)Nc2cccc3ccccc23)C[C@H]1C(=O)OCC. The molecule has 1 aliphatic rings. The van der Waals surface area contributed by atoms with E-state index in [1.54, 1.807) is 13.8 Å². The van der Waals surface area contributed by atoms with Crippen LogP contribution in [0.15, 0.2) is 84.9 Å². The number of fused-ring (bicyclic) bond motifs is 2. The van der Waals surface area contributed by atoms with E-state index in [-0.39, 0.29) is 38.1 Å². The first kappa shape index (κ1) is 31.2. The van der Waals surface area contributed by atoms with E-state index >= 15 is 0 Å². The third-order valence-electron chi connectivity index (χ3n) is 7.87. The number of carbonyl (C=O) groups excluding carboxylic acids is 2. The number of anilines is 2. The number of carbonyl (C=O) groups is 2. The lowest BCUT2D eigenvalue weighted by molar-refractivity contribution is -0.163. The fraction of sp³-hybridized carbons (Fsp3) is 0.294. The Morgan fingerprint density at radius 3 is 1.43 bits per heavy atom.